The van der Waals surface area contributed by atoms with Gasteiger partial charge in [-0.05, 0) is 18.2 Å². The van der Waals surface area contributed by atoms with Gasteiger partial charge >= 0.3 is 0 Å². The molecule has 27 heavy (non-hydrogen) atoms. The van der Waals surface area contributed by atoms with Crippen molar-refractivity contribution in [2.24, 2.45) is 12.0 Å². The first-order valence-corrected chi connectivity index (χ1v) is 12.6. The number of aryl methyl sites for hydroxylation is 1. The minimum Gasteiger partial charge on any atom is -0.273 e. The molecule has 1 aromatic heterocycles. The number of aliphatic imine (C=N–C) groups is 1. The van der Waals surface area contributed by atoms with Gasteiger partial charge in [0.05, 0.1) is 12.8 Å². The third-order valence-electron chi connectivity index (χ3n) is 4.51. The Bertz CT molecular complexity index is 1090. The number of aromatic nitrogens is 3. The number of hydrogen-bond donors (Lipinski definition) is 0. The van der Waals surface area contributed by atoms with Gasteiger partial charge in [-0.15, -0.1) is 10.2 Å². The van der Waals surface area contributed by atoms with Crippen LogP contribution >= 0.6 is 0 Å². The van der Waals surface area contributed by atoms with E-state index in [0.29, 0.717) is 6.54 Å². The summed E-state index contributed by atoms with van der Waals surface area (Å²) in [6.07, 6.45) is 1.87. The number of fused-ring (bicyclic) bond motifs is 3. The molecular formula is C22H23N4Si+. The van der Waals surface area contributed by atoms with Gasteiger partial charge in [-0.25, -0.2) is 0 Å². The standard InChI is InChI=1S/C22H23N4Si/c1-25-21-15-23-22(18-8-6-5-7-9-18)19-14-17(12-13-27(2,3)4)10-11-20(19)26(21)16-24-25/h5-11,14,16H,15H2,1-4H3/q+1. The van der Waals surface area contributed by atoms with E-state index in [2.05, 4.69) is 83.2 Å². The zero-order valence-electron chi connectivity index (χ0n) is 16.2. The number of nitrogens with zero attached hydrogens (tertiary/aromatic N) is 4. The lowest BCUT2D eigenvalue weighted by Gasteiger charge is -2.10. The quantitative estimate of drug-likeness (QED) is 0.367. The minimum absolute atomic E-state index is 0.589. The molecule has 0 fully saturated rings. The Morgan fingerprint density at radius 2 is 1.85 bits per heavy atom. The van der Waals surface area contributed by atoms with E-state index in [4.69, 9.17) is 4.99 Å². The molecule has 0 unspecified atom stereocenters. The topological polar surface area (TPSA) is 34.1 Å². The van der Waals surface area contributed by atoms with Crippen molar-refractivity contribution >= 4 is 13.8 Å². The molecule has 0 bridgehead atoms. The second-order valence-corrected chi connectivity index (χ2v) is 12.6. The Labute approximate surface area is 161 Å². The van der Waals surface area contributed by atoms with E-state index in [1.54, 1.807) is 0 Å². The van der Waals surface area contributed by atoms with Crippen molar-refractivity contribution in [1.29, 1.82) is 0 Å². The average molecular weight is 372 g/mol. The first kappa shape index (κ1) is 17.4. The molecular weight excluding hydrogens is 348 g/mol. The molecule has 2 aromatic carbocycles. The summed E-state index contributed by atoms with van der Waals surface area (Å²) in [5, 5.41) is 4.42. The lowest BCUT2D eigenvalue weighted by atomic mass is 9.98. The van der Waals surface area contributed by atoms with Crippen molar-refractivity contribution in [3.8, 4) is 17.2 Å². The van der Waals surface area contributed by atoms with Crippen LogP contribution < -0.4 is 4.57 Å². The van der Waals surface area contributed by atoms with Crippen LogP contribution in [0.15, 0.2) is 59.9 Å². The second-order valence-electron chi connectivity index (χ2n) is 7.80. The Kier molecular flexibility index (Phi) is 4.29. The summed E-state index contributed by atoms with van der Waals surface area (Å²) in [5.74, 6) is 4.44. The molecule has 0 aliphatic carbocycles. The van der Waals surface area contributed by atoms with Crippen molar-refractivity contribution in [3.63, 3.8) is 0 Å². The summed E-state index contributed by atoms with van der Waals surface area (Å²) in [6, 6.07) is 16.8. The van der Waals surface area contributed by atoms with Crippen LogP contribution in [0.4, 0.5) is 0 Å². The summed E-state index contributed by atoms with van der Waals surface area (Å²) in [4.78, 5) is 4.95. The van der Waals surface area contributed by atoms with Crippen LogP contribution in [0.2, 0.25) is 19.6 Å². The molecule has 1 aliphatic heterocycles. The first-order valence-electron chi connectivity index (χ1n) is 9.13. The second kappa shape index (κ2) is 6.64. The summed E-state index contributed by atoms with van der Waals surface area (Å²) < 4.78 is 4.02. The maximum Gasteiger partial charge on any atom is 0.270 e. The monoisotopic (exact) mass is 371 g/mol. The van der Waals surface area contributed by atoms with Gasteiger partial charge in [0, 0.05) is 21.8 Å². The fourth-order valence-corrected chi connectivity index (χ4v) is 3.67. The van der Waals surface area contributed by atoms with Crippen LogP contribution in [-0.2, 0) is 13.6 Å². The van der Waals surface area contributed by atoms with Gasteiger partial charge in [-0.2, -0.15) is 4.57 Å². The largest absolute Gasteiger partial charge is 0.273 e. The Morgan fingerprint density at radius 3 is 2.59 bits per heavy atom. The Morgan fingerprint density at radius 1 is 1.07 bits per heavy atom. The summed E-state index contributed by atoms with van der Waals surface area (Å²) >= 11 is 0. The first-order chi connectivity index (χ1) is 12.9. The van der Waals surface area contributed by atoms with Gasteiger partial charge in [0.2, 0.25) is 0 Å². The predicted molar refractivity (Wildman–Crippen MR) is 111 cm³/mol. The average Bonchev–Trinajstić information content (AvgIpc) is 2.93. The van der Waals surface area contributed by atoms with E-state index in [-0.39, 0.29) is 0 Å². The maximum absolute atomic E-state index is 4.95. The highest BCUT2D eigenvalue weighted by Gasteiger charge is 2.25. The van der Waals surface area contributed by atoms with E-state index < -0.39 is 8.07 Å². The number of rotatable bonds is 1. The highest BCUT2D eigenvalue weighted by Crippen LogP contribution is 2.21. The molecule has 3 aromatic rings. The Balaban J connectivity index is 1.93. The van der Waals surface area contributed by atoms with Crippen molar-refractivity contribution in [3.05, 3.63) is 77.4 Å². The minimum atomic E-state index is -1.43. The number of benzene rings is 2. The maximum atomic E-state index is 4.95. The van der Waals surface area contributed by atoms with Crippen LogP contribution in [0.5, 0.6) is 0 Å². The van der Waals surface area contributed by atoms with Gasteiger partial charge in [0.1, 0.15) is 20.3 Å². The van der Waals surface area contributed by atoms with Gasteiger partial charge in [0.15, 0.2) is 0 Å². The van der Waals surface area contributed by atoms with Crippen molar-refractivity contribution in [2.45, 2.75) is 26.2 Å². The zero-order chi connectivity index (χ0) is 19.0. The molecule has 134 valence electrons. The Hall–Kier alpha value is -2.97. The van der Waals surface area contributed by atoms with Gasteiger partial charge in [0.25, 0.3) is 12.2 Å². The lowest BCUT2D eigenvalue weighted by Crippen LogP contribution is -2.34. The van der Waals surface area contributed by atoms with Gasteiger partial charge in [-0.3, -0.25) is 4.99 Å². The van der Waals surface area contributed by atoms with E-state index in [9.17, 15) is 0 Å². The SMILES string of the molecule is Cn1nc[n+]2c1CN=C(c1ccccc1)c1cc(C#C[Si](C)(C)C)ccc1-2. The third kappa shape index (κ3) is 3.49. The molecule has 0 radical (unpaired) electrons. The molecule has 0 atom stereocenters. The molecule has 1 aliphatic rings. The van der Waals surface area contributed by atoms with Crippen LogP contribution in [0, 0.1) is 11.5 Å². The highest BCUT2D eigenvalue weighted by atomic mass is 28.3. The normalized spacial score (nSPS) is 13.0. The van der Waals surface area contributed by atoms with E-state index in [0.717, 1.165) is 33.9 Å². The summed E-state index contributed by atoms with van der Waals surface area (Å²) in [6.45, 7) is 7.37. The van der Waals surface area contributed by atoms with E-state index in [1.165, 1.54) is 0 Å². The molecule has 5 heteroatoms. The van der Waals surface area contributed by atoms with Crippen LogP contribution in [0.3, 0.4) is 0 Å². The molecule has 4 nitrogen and oxygen atoms in total. The van der Waals surface area contributed by atoms with E-state index >= 15 is 0 Å². The molecule has 0 N–H and O–H groups in total. The van der Waals surface area contributed by atoms with Gasteiger partial charge < -0.3 is 0 Å². The molecule has 0 saturated heterocycles. The number of hydrogen-bond acceptors (Lipinski definition) is 2. The van der Waals surface area contributed by atoms with Crippen molar-refractivity contribution in [1.82, 2.24) is 9.78 Å². The molecule has 4 rings (SSSR count). The molecule has 2 heterocycles. The predicted octanol–water partition coefficient (Wildman–Crippen LogP) is 3.28. The highest BCUT2D eigenvalue weighted by molar-refractivity contribution is 6.83. The van der Waals surface area contributed by atoms with E-state index in [1.807, 2.05) is 24.1 Å². The van der Waals surface area contributed by atoms with Crippen LogP contribution in [-0.4, -0.2) is 23.6 Å². The van der Waals surface area contributed by atoms with Crippen LogP contribution in [0.25, 0.3) is 5.69 Å². The third-order valence-corrected chi connectivity index (χ3v) is 5.39. The fraction of sp³-hybridized carbons (Fsp3) is 0.227. The van der Waals surface area contributed by atoms with Crippen molar-refractivity contribution < 1.29 is 4.57 Å². The van der Waals surface area contributed by atoms with Gasteiger partial charge in [-0.1, -0.05) is 55.9 Å². The molecule has 0 spiro atoms. The summed E-state index contributed by atoms with van der Waals surface area (Å²) in [7, 11) is 0.530. The molecule has 0 amide bonds. The zero-order valence-corrected chi connectivity index (χ0v) is 17.2. The van der Waals surface area contributed by atoms with Crippen LogP contribution in [0.1, 0.15) is 22.5 Å². The lowest BCUT2D eigenvalue weighted by molar-refractivity contribution is -0.605. The fourth-order valence-electron chi connectivity index (χ4n) is 3.15. The smallest absolute Gasteiger partial charge is 0.270 e. The summed E-state index contributed by atoms with van der Waals surface area (Å²) in [5.41, 5.74) is 8.82. The molecule has 0 saturated carbocycles. The van der Waals surface area contributed by atoms with Crippen molar-refractivity contribution in [2.75, 3.05) is 0 Å².